The zero-order valence-electron chi connectivity index (χ0n) is 15.4. The van der Waals surface area contributed by atoms with Crippen LogP contribution in [0.15, 0.2) is 53.4 Å². The van der Waals surface area contributed by atoms with Gasteiger partial charge in [-0.05, 0) is 30.5 Å². The molecule has 0 radical (unpaired) electrons. The standard InChI is InChI=1S/C20H18N4O2S2/c1-13-16(9-21-24(13)2)17-12-28-20(22-17)23-19(25)18-8-14(11-27-18)10-26-15-6-4-3-5-7-15/h3-9,11-12H,10H2,1-2H3,(H,22,23,25). The van der Waals surface area contributed by atoms with Crippen LogP contribution in [0.25, 0.3) is 11.3 Å². The number of carbonyl (C=O) groups is 1. The molecule has 0 aliphatic heterocycles. The minimum atomic E-state index is -0.167. The van der Waals surface area contributed by atoms with Gasteiger partial charge in [-0.25, -0.2) is 4.98 Å². The van der Waals surface area contributed by atoms with Crippen LogP contribution in [0.1, 0.15) is 20.9 Å². The van der Waals surface area contributed by atoms with Gasteiger partial charge >= 0.3 is 0 Å². The summed E-state index contributed by atoms with van der Waals surface area (Å²) in [6.07, 6.45) is 1.79. The molecule has 0 spiro atoms. The fourth-order valence-electron chi connectivity index (χ4n) is 2.62. The molecule has 0 aliphatic carbocycles. The maximum atomic E-state index is 12.5. The zero-order valence-corrected chi connectivity index (χ0v) is 17.0. The summed E-state index contributed by atoms with van der Waals surface area (Å²) in [4.78, 5) is 17.7. The van der Waals surface area contributed by atoms with Gasteiger partial charge in [-0.2, -0.15) is 5.10 Å². The quantitative estimate of drug-likeness (QED) is 0.498. The van der Waals surface area contributed by atoms with Crippen LogP contribution in [0.3, 0.4) is 0 Å². The highest BCUT2D eigenvalue weighted by Gasteiger charge is 2.14. The smallest absolute Gasteiger partial charge is 0.267 e. The van der Waals surface area contributed by atoms with Gasteiger partial charge in [-0.1, -0.05) is 18.2 Å². The second-order valence-corrected chi connectivity index (χ2v) is 7.95. The maximum Gasteiger partial charge on any atom is 0.267 e. The van der Waals surface area contributed by atoms with Crippen LogP contribution in [-0.2, 0) is 13.7 Å². The van der Waals surface area contributed by atoms with E-state index in [0.717, 1.165) is 28.3 Å². The molecule has 1 N–H and O–H groups in total. The lowest BCUT2D eigenvalue weighted by Gasteiger charge is -2.03. The minimum absolute atomic E-state index is 0.167. The van der Waals surface area contributed by atoms with Crippen LogP contribution in [0, 0.1) is 6.92 Å². The van der Waals surface area contributed by atoms with E-state index >= 15 is 0 Å². The number of nitrogens with one attached hydrogen (secondary N) is 1. The molecule has 0 unspecified atom stereocenters. The Labute approximate surface area is 170 Å². The van der Waals surface area contributed by atoms with Crippen molar-refractivity contribution in [2.24, 2.45) is 7.05 Å². The van der Waals surface area contributed by atoms with Crippen molar-refractivity contribution in [2.75, 3.05) is 5.32 Å². The Balaban J connectivity index is 1.39. The number of thiazole rings is 1. The molecular formula is C20H18N4O2S2. The fourth-order valence-corrected chi connectivity index (χ4v) is 4.11. The van der Waals surface area contributed by atoms with Crippen molar-refractivity contribution in [3.05, 3.63) is 69.5 Å². The number of ether oxygens (including phenoxy) is 1. The molecule has 3 aromatic heterocycles. The molecule has 1 aromatic carbocycles. The number of carbonyl (C=O) groups excluding carboxylic acids is 1. The monoisotopic (exact) mass is 410 g/mol. The number of hydrogen-bond acceptors (Lipinski definition) is 6. The summed E-state index contributed by atoms with van der Waals surface area (Å²) in [5.41, 5.74) is 3.78. The van der Waals surface area contributed by atoms with E-state index < -0.39 is 0 Å². The summed E-state index contributed by atoms with van der Waals surface area (Å²) >= 11 is 2.79. The second kappa shape index (κ2) is 7.95. The Bertz CT molecular complexity index is 1100. The number of rotatable bonds is 6. The summed E-state index contributed by atoms with van der Waals surface area (Å²) in [5.74, 6) is 0.639. The van der Waals surface area contributed by atoms with Gasteiger partial charge in [-0.3, -0.25) is 14.8 Å². The predicted molar refractivity (Wildman–Crippen MR) is 112 cm³/mol. The minimum Gasteiger partial charge on any atom is -0.489 e. The van der Waals surface area contributed by atoms with Crippen LogP contribution in [0.5, 0.6) is 5.75 Å². The number of hydrogen-bond donors (Lipinski definition) is 1. The number of amides is 1. The molecule has 28 heavy (non-hydrogen) atoms. The lowest BCUT2D eigenvalue weighted by Crippen LogP contribution is -2.09. The topological polar surface area (TPSA) is 69.0 Å². The van der Waals surface area contributed by atoms with Crippen LogP contribution < -0.4 is 10.1 Å². The Morgan fingerprint density at radius 2 is 2.04 bits per heavy atom. The fraction of sp³-hybridized carbons (Fsp3) is 0.150. The van der Waals surface area contributed by atoms with Gasteiger partial charge in [0.1, 0.15) is 12.4 Å². The van der Waals surface area contributed by atoms with Crippen molar-refractivity contribution < 1.29 is 9.53 Å². The summed E-state index contributed by atoms with van der Waals surface area (Å²) in [5, 5.41) is 11.5. The van der Waals surface area contributed by atoms with Crippen molar-refractivity contribution >= 4 is 33.7 Å². The molecular weight excluding hydrogens is 392 g/mol. The van der Waals surface area contributed by atoms with Crippen molar-refractivity contribution in [1.82, 2.24) is 14.8 Å². The highest BCUT2D eigenvalue weighted by atomic mass is 32.1. The Kier molecular flexibility index (Phi) is 5.23. The lowest BCUT2D eigenvalue weighted by molar-refractivity contribution is 0.103. The molecule has 0 aliphatic rings. The molecule has 4 aromatic rings. The Morgan fingerprint density at radius 3 is 2.79 bits per heavy atom. The van der Waals surface area contributed by atoms with Crippen molar-refractivity contribution in [1.29, 1.82) is 0 Å². The molecule has 3 heterocycles. The lowest BCUT2D eigenvalue weighted by atomic mass is 10.2. The van der Waals surface area contributed by atoms with E-state index in [1.54, 1.807) is 10.9 Å². The van der Waals surface area contributed by atoms with E-state index in [-0.39, 0.29) is 5.91 Å². The molecule has 6 nitrogen and oxygen atoms in total. The average molecular weight is 411 g/mol. The predicted octanol–water partition coefficient (Wildman–Crippen LogP) is 4.74. The van der Waals surface area contributed by atoms with Gasteiger partial charge in [-0.15, -0.1) is 22.7 Å². The number of benzene rings is 1. The molecule has 0 atom stereocenters. The van der Waals surface area contributed by atoms with E-state index in [1.807, 2.05) is 61.1 Å². The first-order valence-corrected chi connectivity index (χ1v) is 10.4. The van der Waals surface area contributed by atoms with Gasteiger partial charge in [0.15, 0.2) is 5.13 Å². The van der Waals surface area contributed by atoms with Gasteiger partial charge in [0.05, 0.1) is 16.8 Å². The van der Waals surface area contributed by atoms with Gasteiger partial charge in [0, 0.05) is 29.2 Å². The van der Waals surface area contributed by atoms with Crippen LogP contribution in [0.2, 0.25) is 0 Å². The third-order valence-corrected chi connectivity index (χ3v) is 6.00. The highest BCUT2D eigenvalue weighted by molar-refractivity contribution is 7.14. The number of para-hydroxylation sites is 1. The number of thiophene rings is 1. The molecule has 8 heteroatoms. The normalized spacial score (nSPS) is 10.8. The van der Waals surface area contributed by atoms with Crippen LogP contribution >= 0.6 is 22.7 Å². The molecule has 142 valence electrons. The molecule has 4 rings (SSSR count). The third-order valence-electron chi connectivity index (χ3n) is 4.26. The van der Waals surface area contributed by atoms with Crippen LogP contribution in [0.4, 0.5) is 5.13 Å². The molecule has 1 amide bonds. The van der Waals surface area contributed by atoms with E-state index in [2.05, 4.69) is 15.4 Å². The van der Waals surface area contributed by atoms with Gasteiger partial charge < -0.3 is 4.74 Å². The van der Waals surface area contributed by atoms with E-state index in [0.29, 0.717) is 16.6 Å². The Hall–Kier alpha value is -2.97. The van der Waals surface area contributed by atoms with E-state index in [9.17, 15) is 4.79 Å². The largest absolute Gasteiger partial charge is 0.489 e. The second-order valence-electron chi connectivity index (χ2n) is 6.18. The van der Waals surface area contributed by atoms with E-state index in [1.165, 1.54) is 22.7 Å². The van der Waals surface area contributed by atoms with Gasteiger partial charge in [0.2, 0.25) is 0 Å². The summed E-state index contributed by atoms with van der Waals surface area (Å²) in [6, 6.07) is 11.5. The van der Waals surface area contributed by atoms with E-state index in [4.69, 9.17) is 4.74 Å². The zero-order chi connectivity index (χ0) is 19.5. The van der Waals surface area contributed by atoms with Crippen molar-refractivity contribution in [3.8, 4) is 17.0 Å². The number of aryl methyl sites for hydroxylation is 1. The Morgan fingerprint density at radius 1 is 1.21 bits per heavy atom. The summed E-state index contributed by atoms with van der Waals surface area (Å²) in [7, 11) is 1.89. The summed E-state index contributed by atoms with van der Waals surface area (Å²) < 4.78 is 7.53. The molecule has 0 saturated heterocycles. The highest BCUT2D eigenvalue weighted by Crippen LogP contribution is 2.27. The first kappa shape index (κ1) is 18.4. The molecule has 0 bridgehead atoms. The average Bonchev–Trinajstić information content (AvgIpc) is 3.43. The SMILES string of the molecule is Cc1c(-c2csc(NC(=O)c3cc(COc4ccccc4)cs3)n2)cnn1C. The first-order valence-electron chi connectivity index (χ1n) is 8.61. The first-order chi connectivity index (χ1) is 13.6. The summed E-state index contributed by atoms with van der Waals surface area (Å²) in [6.45, 7) is 2.42. The number of nitrogens with zero attached hydrogens (tertiary/aromatic N) is 3. The van der Waals surface area contributed by atoms with Crippen LogP contribution in [-0.4, -0.2) is 20.7 Å². The maximum absolute atomic E-state index is 12.5. The van der Waals surface area contributed by atoms with Gasteiger partial charge in [0.25, 0.3) is 5.91 Å². The number of aromatic nitrogens is 3. The molecule has 0 saturated carbocycles. The van der Waals surface area contributed by atoms with Crippen molar-refractivity contribution in [3.63, 3.8) is 0 Å². The van der Waals surface area contributed by atoms with Crippen molar-refractivity contribution in [2.45, 2.75) is 13.5 Å². The third kappa shape index (κ3) is 3.97. The molecule has 0 fully saturated rings. The number of anilines is 1.